The number of carbonyl (C=O) groups is 2. The van der Waals surface area contributed by atoms with Gasteiger partial charge in [0.1, 0.15) is 4.90 Å². The minimum atomic E-state index is -3.88. The van der Waals surface area contributed by atoms with Gasteiger partial charge in [0, 0.05) is 38.1 Å². The van der Waals surface area contributed by atoms with Crippen LogP contribution in [0, 0.1) is 5.92 Å². The maximum Gasteiger partial charge on any atom is 0.253 e. The number of amides is 2. The maximum atomic E-state index is 13.0. The molecule has 0 spiro atoms. The van der Waals surface area contributed by atoms with Crippen molar-refractivity contribution in [2.75, 3.05) is 39.4 Å². The van der Waals surface area contributed by atoms with Gasteiger partial charge in [-0.15, -0.1) is 0 Å². The predicted octanol–water partition coefficient (Wildman–Crippen LogP) is 2.39. The van der Waals surface area contributed by atoms with Crippen LogP contribution in [0.15, 0.2) is 17.0 Å². The van der Waals surface area contributed by atoms with E-state index in [-0.39, 0.29) is 51.5 Å². The first-order chi connectivity index (χ1) is 14.6. The van der Waals surface area contributed by atoms with Gasteiger partial charge in [-0.2, -0.15) is 4.31 Å². The smallest absolute Gasteiger partial charge is 0.253 e. The zero-order valence-electron chi connectivity index (χ0n) is 17.6. The second-order valence-corrected chi connectivity index (χ2v) is 10.7. The molecule has 0 radical (unpaired) electrons. The molecule has 0 aliphatic carbocycles. The van der Waals surface area contributed by atoms with E-state index in [0.717, 1.165) is 0 Å². The highest BCUT2D eigenvalue weighted by molar-refractivity contribution is 7.89. The van der Waals surface area contributed by atoms with Crippen LogP contribution in [0.4, 0.5) is 0 Å². The number of piperidine rings is 1. The van der Waals surface area contributed by atoms with E-state index in [1.54, 1.807) is 4.90 Å². The molecular weight excluding hydrogens is 465 g/mol. The van der Waals surface area contributed by atoms with Crippen LogP contribution in [-0.2, 0) is 19.6 Å². The van der Waals surface area contributed by atoms with Crippen LogP contribution in [0.25, 0.3) is 0 Å². The summed E-state index contributed by atoms with van der Waals surface area (Å²) in [4.78, 5) is 26.7. The van der Waals surface area contributed by atoms with E-state index >= 15 is 0 Å². The minimum absolute atomic E-state index is 0.0338. The topological polar surface area (TPSA) is 96.0 Å². The van der Waals surface area contributed by atoms with E-state index in [1.165, 1.54) is 16.4 Å². The highest BCUT2D eigenvalue weighted by atomic mass is 35.5. The number of likely N-dealkylation sites (tertiary alicyclic amines) is 1. The first kappa shape index (κ1) is 24.3. The molecule has 8 nitrogen and oxygen atoms in total. The van der Waals surface area contributed by atoms with Crippen molar-refractivity contribution in [3.8, 4) is 0 Å². The molecule has 0 unspecified atom stereocenters. The van der Waals surface area contributed by atoms with Crippen molar-refractivity contribution in [1.29, 1.82) is 0 Å². The predicted molar refractivity (Wildman–Crippen MR) is 118 cm³/mol. The molecule has 1 aromatic carbocycles. The summed E-state index contributed by atoms with van der Waals surface area (Å²) in [6, 6.07) is 2.40. The Morgan fingerprint density at radius 1 is 1.06 bits per heavy atom. The molecule has 0 bridgehead atoms. The molecule has 2 aliphatic heterocycles. The number of morpholine rings is 1. The Labute approximate surface area is 192 Å². The summed E-state index contributed by atoms with van der Waals surface area (Å²) >= 11 is 12.4. The van der Waals surface area contributed by atoms with E-state index in [9.17, 15) is 18.0 Å². The fourth-order valence-corrected chi connectivity index (χ4v) is 5.94. The summed E-state index contributed by atoms with van der Waals surface area (Å²) in [5.41, 5.74) is 0.0542. The van der Waals surface area contributed by atoms with Gasteiger partial charge in [0.15, 0.2) is 0 Å². The first-order valence-electron chi connectivity index (χ1n) is 10.3. The number of nitrogens with zero attached hydrogens (tertiary/aromatic N) is 2. The Morgan fingerprint density at radius 3 is 2.26 bits per heavy atom. The molecule has 2 amide bonds. The summed E-state index contributed by atoms with van der Waals surface area (Å²) in [6.07, 6.45) is 1.24. The van der Waals surface area contributed by atoms with Crippen molar-refractivity contribution >= 4 is 45.0 Å². The standard InChI is InChI=1S/C20H27Cl2N3O5S/c1-13(2)20(27)24-5-3-14(4-6-24)23-19(26)15-11-18(17(22)12-16(15)21)31(28,29)25-7-9-30-10-8-25/h11-14H,3-10H2,1-2H3,(H,23,26). The Kier molecular flexibility index (Phi) is 7.86. The summed E-state index contributed by atoms with van der Waals surface area (Å²) in [6.45, 7) is 5.89. The highest BCUT2D eigenvalue weighted by Gasteiger charge is 2.31. The Morgan fingerprint density at radius 2 is 1.68 bits per heavy atom. The third kappa shape index (κ3) is 5.51. The SMILES string of the molecule is CC(C)C(=O)N1CCC(NC(=O)c2cc(S(=O)(=O)N3CCOCC3)c(Cl)cc2Cl)CC1. The van der Waals surface area contributed by atoms with Gasteiger partial charge in [-0.3, -0.25) is 9.59 Å². The molecule has 0 atom stereocenters. The third-order valence-electron chi connectivity index (χ3n) is 5.49. The van der Waals surface area contributed by atoms with Gasteiger partial charge in [-0.1, -0.05) is 37.0 Å². The molecular formula is C20H27Cl2N3O5S. The molecule has 2 saturated heterocycles. The van der Waals surface area contributed by atoms with Crippen molar-refractivity contribution in [2.24, 2.45) is 5.92 Å². The largest absolute Gasteiger partial charge is 0.379 e. The van der Waals surface area contributed by atoms with Crippen LogP contribution < -0.4 is 5.32 Å². The van der Waals surface area contributed by atoms with Gasteiger partial charge >= 0.3 is 0 Å². The fraction of sp³-hybridized carbons (Fsp3) is 0.600. The van der Waals surface area contributed by atoms with Crippen molar-refractivity contribution in [3.05, 3.63) is 27.7 Å². The van der Waals surface area contributed by atoms with E-state index < -0.39 is 15.9 Å². The summed E-state index contributed by atoms with van der Waals surface area (Å²) < 4.78 is 32.5. The molecule has 0 aromatic heterocycles. The number of sulfonamides is 1. The first-order valence-corrected chi connectivity index (χ1v) is 12.5. The Hall–Kier alpha value is -1.39. The molecule has 2 aliphatic rings. The number of halogens is 2. The second-order valence-electron chi connectivity index (χ2n) is 8.01. The zero-order valence-corrected chi connectivity index (χ0v) is 19.9. The number of benzene rings is 1. The molecule has 2 fully saturated rings. The zero-order chi connectivity index (χ0) is 22.8. The number of carbonyl (C=O) groups excluding carboxylic acids is 2. The molecule has 31 heavy (non-hydrogen) atoms. The number of ether oxygens (including phenoxy) is 1. The van der Waals surface area contributed by atoms with Crippen LogP contribution in [0.1, 0.15) is 37.0 Å². The Bertz CT molecular complexity index is 940. The van der Waals surface area contributed by atoms with Crippen LogP contribution in [-0.4, -0.2) is 74.9 Å². The number of hydrogen-bond acceptors (Lipinski definition) is 5. The summed E-state index contributed by atoms with van der Waals surface area (Å²) in [5.74, 6) is -0.428. The minimum Gasteiger partial charge on any atom is -0.379 e. The normalized spacial score (nSPS) is 18.9. The second kappa shape index (κ2) is 10.0. The molecule has 2 heterocycles. The molecule has 1 aromatic rings. The average molecular weight is 492 g/mol. The van der Waals surface area contributed by atoms with Gasteiger partial charge in [0.25, 0.3) is 5.91 Å². The maximum absolute atomic E-state index is 13.0. The Balaban J connectivity index is 1.73. The lowest BCUT2D eigenvalue weighted by molar-refractivity contribution is -0.135. The quantitative estimate of drug-likeness (QED) is 0.681. The van der Waals surface area contributed by atoms with Gasteiger partial charge < -0.3 is 15.0 Å². The van der Waals surface area contributed by atoms with E-state index in [4.69, 9.17) is 27.9 Å². The monoisotopic (exact) mass is 491 g/mol. The van der Waals surface area contributed by atoms with E-state index in [0.29, 0.717) is 39.1 Å². The molecule has 172 valence electrons. The van der Waals surface area contributed by atoms with Gasteiger partial charge in [0.2, 0.25) is 15.9 Å². The molecule has 0 saturated carbocycles. The van der Waals surface area contributed by atoms with E-state index in [2.05, 4.69) is 5.32 Å². The number of nitrogens with one attached hydrogen (secondary N) is 1. The van der Waals surface area contributed by atoms with Crippen molar-refractivity contribution in [1.82, 2.24) is 14.5 Å². The van der Waals surface area contributed by atoms with Crippen molar-refractivity contribution < 1.29 is 22.7 Å². The summed E-state index contributed by atoms with van der Waals surface area (Å²) in [5, 5.41) is 2.96. The molecule has 3 rings (SSSR count). The van der Waals surface area contributed by atoms with Gasteiger partial charge in [-0.25, -0.2) is 8.42 Å². The molecule has 1 N–H and O–H groups in total. The fourth-order valence-electron chi connectivity index (χ4n) is 3.70. The lowest BCUT2D eigenvalue weighted by Crippen LogP contribution is -2.47. The average Bonchev–Trinajstić information content (AvgIpc) is 2.74. The highest BCUT2D eigenvalue weighted by Crippen LogP contribution is 2.31. The van der Waals surface area contributed by atoms with Crippen molar-refractivity contribution in [2.45, 2.75) is 37.6 Å². The van der Waals surface area contributed by atoms with Crippen LogP contribution in [0.5, 0.6) is 0 Å². The van der Waals surface area contributed by atoms with Gasteiger partial charge in [-0.05, 0) is 25.0 Å². The van der Waals surface area contributed by atoms with Crippen molar-refractivity contribution in [3.63, 3.8) is 0 Å². The summed E-state index contributed by atoms with van der Waals surface area (Å²) in [7, 11) is -3.88. The van der Waals surface area contributed by atoms with Crippen LogP contribution in [0.3, 0.4) is 0 Å². The number of rotatable bonds is 5. The lowest BCUT2D eigenvalue weighted by Gasteiger charge is -2.33. The lowest BCUT2D eigenvalue weighted by atomic mass is 10.0. The third-order valence-corrected chi connectivity index (χ3v) is 8.17. The molecule has 11 heteroatoms. The van der Waals surface area contributed by atoms with Crippen LogP contribution >= 0.6 is 23.2 Å². The van der Waals surface area contributed by atoms with Crippen LogP contribution in [0.2, 0.25) is 10.0 Å². The van der Waals surface area contributed by atoms with E-state index in [1.807, 2.05) is 13.8 Å². The van der Waals surface area contributed by atoms with Gasteiger partial charge in [0.05, 0.1) is 28.8 Å². The number of hydrogen-bond donors (Lipinski definition) is 1.